The number of piperidine rings is 1. The molecule has 0 radical (unpaired) electrons. The van der Waals surface area contributed by atoms with Crippen molar-refractivity contribution in [1.82, 2.24) is 14.8 Å². The van der Waals surface area contributed by atoms with Gasteiger partial charge in [0, 0.05) is 33.4 Å². The number of carbonyl (C=O) groups is 1. The zero-order valence-electron chi connectivity index (χ0n) is 19.2. The predicted molar refractivity (Wildman–Crippen MR) is 126 cm³/mol. The number of likely N-dealkylation sites (N-methyl/N-ethyl adjacent to an activating group) is 1. The van der Waals surface area contributed by atoms with Crippen LogP contribution in [0, 0.1) is 5.82 Å². The zero-order valence-corrected chi connectivity index (χ0v) is 19.2. The fourth-order valence-electron chi connectivity index (χ4n) is 4.59. The minimum atomic E-state index is -0.639. The zero-order chi connectivity index (χ0) is 23.3. The normalized spacial score (nSPS) is 18.6. The second-order valence-electron chi connectivity index (χ2n) is 8.87. The van der Waals surface area contributed by atoms with E-state index in [1.807, 2.05) is 50.5 Å². The van der Waals surface area contributed by atoms with Crippen LogP contribution in [0.3, 0.4) is 0 Å². The molecule has 1 fully saturated rings. The molecule has 2 heterocycles. The molecule has 0 spiro atoms. The number of amides is 1. The largest absolute Gasteiger partial charge is 0.489 e. The summed E-state index contributed by atoms with van der Waals surface area (Å²) in [5.74, 6) is 0.619. The number of nitrogens with zero attached hydrogens (tertiary/aromatic N) is 3. The molecule has 3 aromatic rings. The topological polar surface area (TPSA) is 45.7 Å². The molecule has 0 saturated carbocycles. The van der Waals surface area contributed by atoms with Crippen LogP contribution in [0.2, 0.25) is 0 Å². The molecule has 1 aliphatic heterocycles. The summed E-state index contributed by atoms with van der Waals surface area (Å²) in [7, 11) is 3.63. The Morgan fingerprint density at radius 1 is 1.09 bits per heavy atom. The van der Waals surface area contributed by atoms with E-state index in [-0.39, 0.29) is 11.7 Å². The fourth-order valence-corrected chi connectivity index (χ4v) is 4.59. The minimum Gasteiger partial charge on any atom is -0.489 e. The van der Waals surface area contributed by atoms with Gasteiger partial charge in [0.05, 0.1) is 5.69 Å². The van der Waals surface area contributed by atoms with Crippen LogP contribution < -0.4 is 4.74 Å². The van der Waals surface area contributed by atoms with Gasteiger partial charge in [-0.05, 0) is 66.9 Å². The van der Waals surface area contributed by atoms with Crippen LogP contribution in [0.4, 0.5) is 4.39 Å². The van der Waals surface area contributed by atoms with Crippen LogP contribution in [0.25, 0.3) is 0 Å². The third kappa shape index (κ3) is 5.40. The summed E-state index contributed by atoms with van der Waals surface area (Å²) in [6, 6.07) is 20.2. The Balaban J connectivity index is 1.48. The maximum absolute atomic E-state index is 13.3. The Hall–Kier alpha value is -3.25. The maximum Gasteiger partial charge on any atom is 0.235 e. The van der Waals surface area contributed by atoms with Gasteiger partial charge in [0.15, 0.2) is 0 Å². The molecule has 33 heavy (non-hydrogen) atoms. The molecule has 0 aliphatic carbocycles. The molecule has 172 valence electrons. The van der Waals surface area contributed by atoms with Gasteiger partial charge in [0.2, 0.25) is 5.91 Å². The van der Waals surface area contributed by atoms with E-state index in [2.05, 4.69) is 16.0 Å². The number of pyridine rings is 1. The van der Waals surface area contributed by atoms with Crippen molar-refractivity contribution in [2.45, 2.75) is 31.4 Å². The summed E-state index contributed by atoms with van der Waals surface area (Å²) in [5.41, 5.74) is 2.24. The van der Waals surface area contributed by atoms with Crippen LogP contribution in [0.5, 0.6) is 5.75 Å². The van der Waals surface area contributed by atoms with E-state index in [0.29, 0.717) is 13.2 Å². The second kappa shape index (κ2) is 10.1. The van der Waals surface area contributed by atoms with Gasteiger partial charge >= 0.3 is 0 Å². The lowest BCUT2D eigenvalue weighted by Crippen LogP contribution is -2.54. The number of rotatable bonds is 7. The van der Waals surface area contributed by atoms with Crippen molar-refractivity contribution in [3.63, 3.8) is 0 Å². The lowest BCUT2D eigenvalue weighted by atomic mass is 9.75. The molecule has 1 atom stereocenters. The number of likely N-dealkylation sites (tertiary alicyclic amines) is 1. The SMILES string of the molecule is CN(C)C(=O)[C@@]1(c2ccccn2)CCCN(Cc2cccc(OCc3ccc(F)cc3)c2)C1. The van der Waals surface area contributed by atoms with Crippen molar-refractivity contribution in [3.8, 4) is 5.75 Å². The summed E-state index contributed by atoms with van der Waals surface area (Å²) < 4.78 is 19.0. The Labute approximate surface area is 194 Å². The molecule has 0 N–H and O–H groups in total. The first-order chi connectivity index (χ1) is 16.0. The van der Waals surface area contributed by atoms with E-state index in [0.717, 1.165) is 48.5 Å². The third-order valence-corrected chi connectivity index (χ3v) is 6.17. The number of halogens is 1. The smallest absolute Gasteiger partial charge is 0.235 e. The molecule has 1 aliphatic rings. The first-order valence-electron chi connectivity index (χ1n) is 11.3. The van der Waals surface area contributed by atoms with Gasteiger partial charge < -0.3 is 9.64 Å². The minimum absolute atomic E-state index is 0.0993. The molecule has 6 heteroatoms. The van der Waals surface area contributed by atoms with E-state index in [9.17, 15) is 9.18 Å². The van der Waals surface area contributed by atoms with Crippen LogP contribution in [-0.4, -0.2) is 47.9 Å². The van der Waals surface area contributed by atoms with E-state index in [4.69, 9.17) is 4.74 Å². The highest BCUT2D eigenvalue weighted by Gasteiger charge is 2.45. The Morgan fingerprint density at radius 2 is 1.91 bits per heavy atom. The molecule has 0 unspecified atom stereocenters. The molecule has 1 aromatic heterocycles. The van der Waals surface area contributed by atoms with Crippen molar-refractivity contribution < 1.29 is 13.9 Å². The molecular weight excluding hydrogens is 417 g/mol. The Bertz CT molecular complexity index is 1070. The molecule has 4 rings (SSSR count). The van der Waals surface area contributed by atoms with Crippen LogP contribution in [0.1, 0.15) is 29.7 Å². The molecule has 0 bridgehead atoms. The summed E-state index contributed by atoms with van der Waals surface area (Å²) in [6.07, 6.45) is 3.48. The van der Waals surface area contributed by atoms with Gasteiger partial charge in [0.25, 0.3) is 0 Å². The van der Waals surface area contributed by atoms with Gasteiger partial charge in [0.1, 0.15) is 23.6 Å². The molecule has 1 amide bonds. The summed E-state index contributed by atoms with van der Waals surface area (Å²) in [6.45, 7) is 2.66. The van der Waals surface area contributed by atoms with E-state index >= 15 is 0 Å². The average Bonchev–Trinajstić information content (AvgIpc) is 2.84. The molecule has 5 nitrogen and oxygen atoms in total. The lowest BCUT2D eigenvalue weighted by molar-refractivity contribution is -0.137. The summed E-state index contributed by atoms with van der Waals surface area (Å²) in [4.78, 5) is 21.9. The lowest BCUT2D eigenvalue weighted by Gasteiger charge is -2.42. The summed E-state index contributed by atoms with van der Waals surface area (Å²) >= 11 is 0. The number of hydrogen-bond donors (Lipinski definition) is 0. The van der Waals surface area contributed by atoms with Gasteiger partial charge in [-0.25, -0.2) is 4.39 Å². The fraction of sp³-hybridized carbons (Fsp3) is 0.333. The maximum atomic E-state index is 13.3. The van der Waals surface area contributed by atoms with Gasteiger partial charge in [-0.15, -0.1) is 0 Å². The quantitative estimate of drug-likeness (QED) is 0.538. The standard InChI is InChI=1S/C27H30FN3O2/c1-30(2)26(32)27(25-9-3-4-15-29-25)14-6-16-31(20-27)18-22-7-5-8-24(17-22)33-19-21-10-12-23(28)13-11-21/h3-5,7-13,15,17H,6,14,16,18-20H2,1-2H3/t27-/m0/s1. The number of aromatic nitrogens is 1. The van der Waals surface area contributed by atoms with E-state index < -0.39 is 5.41 Å². The first-order valence-corrected chi connectivity index (χ1v) is 11.3. The average molecular weight is 448 g/mol. The second-order valence-corrected chi connectivity index (χ2v) is 8.87. The number of ether oxygens (including phenoxy) is 1. The van der Waals surface area contributed by atoms with Crippen LogP contribution >= 0.6 is 0 Å². The highest BCUT2D eigenvalue weighted by molar-refractivity contribution is 5.88. The van der Waals surface area contributed by atoms with Crippen molar-refractivity contribution in [3.05, 3.63) is 95.6 Å². The third-order valence-electron chi connectivity index (χ3n) is 6.17. The number of hydrogen-bond acceptors (Lipinski definition) is 4. The highest BCUT2D eigenvalue weighted by Crippen LogP contribution is 2.35. The molecular formula is C27H30FN3O2. The highest BCUT2D eigenvalue weighted by atomic mass is 19.1. The Morgan fingerprint density at radius 3 is 2.64 bits per heavy atom. The van der Waals surface area contributed by atoms with Crippen LogP contribution in [0.15, 0.2) is 72.9 Å². The first kappa shape index (κ1) is 22.9. The van der Waals surface area contributed by atoms with Crippen molar-refractivity contribution >= 4 is 5.91 Å². The monoisotopic (exact) mass is 447 g/mol. The van der Waals surface area contributed by atoms with Crippen LogP contribution in [-0.2, 0) is 23.4 Å². The van der Waals surface area contributed by atoms with E-state index in [1.165, 1.54) is 12.1 Å². The van der Waals surface area contributed by atoms with E-state index in [1.54, 1.807) is 23.2 Å². The summed E-state index contributed by atoms with van der Waals surface area (Å²) in [5, 5.41) is 0. The predicted octanol–water partition coefficient (Wildman–Crippen LogP) is 4.42. The van der Waals surface area contributed by atoms with Crippen molar-refractivity contribution in [2.24, 2.45) is 0 Å². The van der Waals surface area contributed by atoms with Gasteiger partial charge in [-0.1, -0.05) is 30.3 Å². The van der Waals surface area contributed by atoms with Crippen molar-refractivity contribution in [2.75, 3.05) is 27.2 Å². The van der Waals surface area contributed by atoms with Crippen molar-refractivity contribution in [1.29, 1.82) is 0 Å². The van der Waals surface area contributed by atoms with Gasteiger partial charge in [-0.3, -0.25) is 14.7 Å². The van der Waals surface area contributed by atoms with Gasteiger partial charge in [-0.2, -0.15) is 0 Å². The number of benzene rings is 2. The molecule has 2 aromatic carbocycles. The Kier molecular flexibility index (Phi) is 7.04. The number of carbonyl (C=O) groups excluding carboxylic acids is 1. The molecule has 1 saturated heterocycles.